The summed E-state index contributed by atoms with van der Waals surface area (Å²) in [6, 6.07) is 10.5. The number of allylic oxidation sites excluding steroid dienone is 2. The van der Waals surface area contributed by atoms with Gasteiger partial charge in [-0.1, -0.05) is 84.4 Å². The molecule has 0 bridgehead atoms. The molecule has 0 saturated heterocycles. The van der Waals surface area contributed by atoms with Crippen molar-refractivity contribution < 1.29 is 9.90 Å². The second-order valence-corrected chi connectivity index (χ2v) is 18.7. The molecule has 5 aliphatic carbocycles. The molecular weight excluding hydrogens is 594 g/mol. The van der Waals surface area contributed by atoms with Crippen molar-refractivity contribution >= 4 is 17.4 Å². The number of carbonyl (C=O) groups is 1. The maximum Gasteiger partial charge on any atom is 0.310 e. The molecule has 3 saturated carbocycles. The van der Waals surface area contributed by atoms with Crippen LogP contribution < -0.4 is 5.73 Å². The lowest BCUT2D eigenvalue weighted by molar-refractivity contribution is -0.175. The highest BCUT2D eigenvalue weighted by atomic mass is 16.4. The Kier molecular flexibility index (Phi) is 6.71. The molecule has 0 spiro atoms. The van der Waals surface area contributed by atoms with Gasteiger partial charge in [-0.3, -0.25) is 14.6 Å². The fourth-order valence-electron chi connectivity index (χ4n) is 12.8. The second-order valence-electron chi connectivity index (χ2n) is 18.7. The highest BCUT2D eigenvalue weighted by molar-refractivity contribution is 5.80. The molecule has 256 valence electrons. The summed E-state index contributed by atoms with van der Waals surface area (Å²) < 4.78 is 2.08. The summed E-state index contributed by atoms with van der Waals surface area (Å²) in [5, 5.41) is 23.9. The first-order valence-corrected chi connectivity index (χ1v) is 18.4. The van der Waals surface area contributed by atoms with Crippen molar-refractivity contribution in [2.24, 2.45) is 44.8 Å². The van der Waals surface area contributed by atoms with Gasteiger partial charge in [0.25, 0.3) is 0 Å². The Labute approximate surface area is 286 Å². The SMILES string of the molecule is CC1(C)CCC2(C(=O)O)CCC3(C)C(=C(c4cnn(Cc5ccccc5)c4)CC4C5(C)Cc6c(N)n[nH]c6C(C)(C)C5CCC43C)C2C1. The van der Waals surface area contributed by atoms with Gasteiger partial charge >= 0.3 is 5.97 Å². The van der Waals surface area contributed by atoms with Gasteiger partial charge in [0.1, 0.15) is 5.82 Å². The third-order valence-electron chi connectivity index (χ3n) is 15.6. The number of hydrogen-bond donors (Lipinski definition) is 3. The Balaban J connectivity index is 1.34. The van der Waals surface area contributed by atoms with E-state index in [1.165, 1.54) is 33.5 Å². The number of nitrogens with one attached hydrogen (secondary N) is 1. The van der Waals surface area contributed by atoms with Gasteiger partial charge in [-0.2, -0.15) is 10.2 Å². The lowest BCUT2D eigenvalue weighted by Crippen LogP contribution is -2.65. The van der Waals surface area contributed by atoms with E-state index in [2.05, 4.69) is 106 Å². The highest BCUT2D eigenvalue weighted by Crippen LogP contribution is 2.77. The van der Waals surface area contributed by atoms with E-state index in [9.17, 15) is 9.90 Å². The van der Waals surface area contributed by atoms with Crippen LogP contribution in [-0.2, 0) is 23.2 Å². The van der Waals surface area contributed by atoms with Crippen LogP contribution >= 0.6 is 0 Å². The summed E-state index contributed by atoms with van der Waals surface area (Å²) in [6.45, 7) is 18.0. The van der Waals surface area contributed by atoms with Crippen molar-refractivity contribution in [2.75, 3.05) is 5.73 Å². The molecule has 7 nitrogen and oxygen atoms in total. The lowest BCUT2D eigenvalue weighted by atomic mass is 9.33. The molecule has 0 radical (unpaired) electrons. The van der Waals surface area contributed by atoms with Gasteiger partial charge in [0.15, 0.2) is 0 Å². The van der Waals surface area contributed by atoms with Gasteiger partial charge in [0, 0.05) is 28.4 Å². The van der Waals surface area contributed by atoms with E-state index in [-0.39, 0.29) is 33.0 Å². The predicted octanol–water partition coefficient (Wildman–Crippen LogP) is 8.66. The maximum absolute atomic E-state index is 13.5. The quantitative estimate of drug-likeness (QED) is 0.262. The summed E-state index contributed by atoms with van der Waals surface area (Å²) >= 11 is 0. The highest BCUT2D eigenvalue weighted by Gasteiger charge is 2.70. The zero-order chi connectivity index (χ0) is 34.1. The van der Waals surface area contributed by atoms with Gasteiger partial charge in [-0.25, -0.2) is 0 Å². The van der Waals surface area contributed by atoms with Crippen molar-refractivity contribution in [3.05, 3.63) is 70.7 Å². The Morgan fingerprint density at radius 1 is 1.00 bits per heavy atom. The predicted molar refractivity (Wildman–Crippen MR) is 190 cm³/mol. The molecule has 7 heteroatoms. The number of H-pyrrole nitrogens is 1. The topological polar surface area (TPSA) is 110 Å². The Morgan fingerprint density at radius 2 is 1.73 bits per heavy atom. The first-order chi connectivity index (χ1) is 22.6. The van der Waals surface area contributed by atoms with Crippen LogP contribution in [0.15, 0.2) is 48.3 Å². The van der Waals surface area contributed by atoms with Crippen LogP contribution in [0.4, 0.5) is 5.82 Å². The van der Waals surface area contributed by atoms with E-state index >= 15 is 0 Å². The minimum absolute atomic E-state index is 0.00842. The zero-order valence-electron chi connectivity index (χ0n) is 30.1. The molecule has 1 aromatic carbocycles. The van der Waals surface area contributed by atoms with E-state index < -0.39 is 11.4 Å². The second kappa shape index (κ2) is 10.1. The number of fused-ring (bicyclic) bond motifs is 8. The molecule has 3 aromatic rings. The number of nitrogens with two attached hydrogens (primary N) is 1. The summed E-state index contributed by atoms with van der Waals surface area (Å²) in [7, 11) is 0. The average Bonchev–Trinajstić information content (AvgIpc) is 3.64. The van der Waals surface area contributed by atoms with Gasteiger partial charge in [0.2, 0.25) is 0 Å². The van der Waals surface area contributed by atoms with Crippen molar-refractivity contribution in [3.8, 4) is 0 Å². The van der Waals surface area contributed by atoms with E-state index in [0.29, 0.717) is 24.2 Å². The third-order valence-corrected chi connectivity index (χ3v) is 15.6. The van der Waals surface area contributed by atoms with E-state index in [1.807, 2.05) is 0 Å². The number of nitrogens with zero attached hydrogens (tertiary/aromatic N) is 3. The van der Waals surface area contributed by atoms with Crippen LogP contribution in [0.2, 0.25) is 0 Å². The minimum Gasteiger partial charge on any atom is -0.481 e. The average molecular weight is 650 g/mol. The van der Waals surface area contributed by atoms with Gasteiger partial charge in [-0.05, 0) is 108 Å². The first kappa shape index (κ1) is 31.9. The molecule has 4 N–H and O–H groups in total. The molecule has 8 rings (SSSR count). The maximum atomic E-state index is 13.5. The van der Waals surface area contributed by atoms with Crippen LogP contribution in [0, 0.1) is 44.8 Å². The Hall–Kier alpha value is -3.35. The molecule has 48 heavy (non-hydrogen) atoms. The van der Waals surface area contributed by atoms with Crippen LogP contribution in [0.5, 0.6) is 0 Å². The standard InChI is InChI=1S/C41H55N5O2/c1-36(2)15-17-41(35(47)48)18-16-40(7)32(29(41)21-36)27(26-22-43-46(24-26)23-25-11-9-8-10-12-25)19-31-38(5)20-28-33(44-45-34(28)42)37(3,4)30(38)13-14-39(31,40)6/h8-12,22,24,29-31H,13-21,23H2,1-7H3,(H,47,48)(H3,42,44,45). The molecule has 5 aliphatic rings. The zero-order valence-corrected chi connectivity index (χ0v) is 30.1. The number of aromatic amines is 1. The number of benzene rings is 1. The van der Waals surface area contributed by atoms with E-state index in [4.69, 9.17) is 10.8 Å². The molecule has 0 amide bonds. The Bertz CT molecular complexity index is 1820. The normalized spacial score (nSPS) is 37.9. The van der Waals surface area contributed by atoms with Gasteiger partial charge in [-0.15, -0.1) is 0 Å². The van der Waals surface area contributed by atoms with Crippen molar-refractivity contribution in [1.29, 1.82) is 0 Å². The molecule has 2 heterocycles. The lowest BCUT2D eigenvalue weighted by Gasteiger charge is -2.71. The van der Waals surface area contributed by atoms with Crippen molar-refractivity contribution in [3.63, 3.8) is 0 Å². The van der Waals surface area contributed by atoms with Gasteiger partial charge < -0.3 is 10.8 Å². The monoisotopic (exact) mass is 649 g/mol. The smallest absolute Gasteiger partial charge is 0.310 e. The summed E-state index contributed by atoms with van der Waals surface area (Å²) in [4.78, 5) is 13.5. The third kappa shape index (κ3) is 4.14. The molecule has 2 aromatic heterocycles. The molecule has 3 fully saturated rings. The number of nitrogen functional groups attached to an aromatic ring is 1. The van der Waals surface area contributed by atoms with Crippen LogP contribution in [0.1, 0.15) is 122 Å². The van der Waals surface area contributed by atoms with Crippen LogP contribution in [0.25, 0.3) is 5.57 Å². The largest absolute Gasteiger partial charge is 0.481 e. The Morgan fingerprint density at radius 3 is 2.46 bits per heavy atom. The number of anilines is 1. The van der Waals surface area contributed by atoms with Crippen molar-refractivity contribution in [2.45, 2.75) is 118 Å². The number of aliphatic carboxylic acids is 1. The summed E-state index contributed by atoms with van der Waals surface area (Å²) in [5.74, 6) is 0.974. The molecule has 7 unspecified atom stereocenters. The number of aromatic nitrogens is 4. The van der Waals surface area contributed by atoms with E-state index in [0.717, 1.165) is 57.8 Å². The van der Waals surface area contributed by atoms with Gasteiger partial charge in [0.05, 0.1) is 18.2 Å². The first-order valence-electron chi connectivity index (χ1n) is 18.4. The fourth-order valence-corrected chi connectivity index (χ4v) is 12.8. The molecular formula is C41H55N5O2. The number of hydrogen-bond acceptors (Lipinski definition) is 4. The summed E-state index contributed by atoms with van der Waals surface area (Å²) in [6.07, 6.45) is 12.8. The summed E-state index contributed by atoms with van der Waals surface area (Å²) in [5.41, 5.74) is 13.5. The number of carboxylic acid groups (broad SMARTS) is 1. The minimum atomic E-state index is -0.701. The van der Waals surface area contributed by atoms with E-state index in [1.54, 1.807) is 0 Å². The van der Waals surface area contributed by atoms with Crippen LogP contribution in [0.3, 0.4) is 0 Å². The fraction of sp³-hybridized carbons (Fsp3) is 0.634. The molecule has 0 aliphatic heterocycles. The van der Waals surface area contributed by atoms with Crippen molar-refractivity contribution in [1.82, 2.24) is 20.0 Å². The number of rotatable bonds is 4. The van der Waals surface area contributed by atoms with Crippen LogP contribution in [-0.4, -0.2) is 31.1 Å². The molecule has 7 atom stereocenters. The number of carboxylic acids is 1.